The smallest absolute Gasteiger partial charge is 0.133 e. The molecule has 1 aliphatic rings. The van der Waals surface area contributed by atoms with Crippen molar-refractivity contribution in [3.63, 3.8) is 0 Å². The second-order valence-electron chi connectivity index (χ2n) is 4.36. The minimum atomic E-state index is 0.262. The minimum absolute atomic E-state index is 0.262. The fourth-order valence-corrected chi connectivity index (χ4v) is 2.31. The van der Waals surface area contributed by atoms with Crippen LogP contribution in [0.2, 0.25) is 0 Å². The number of hydrogen-bond acceptors (Lipinski definition) is 4. The molecule has 0 bridgehead atoms. The molecule has 0 spiro atoms. The zero-order valence-corrected chi connectivity index (χ0v) is 9.82. The van der Waals surface area contributed by atoms with Crippen LogP contribution in [0.15, 0.2) is 0 Å². The maximum Gasteiger partial charge on any atom is 0.133 e. The van der Waals surface area contributed by atoms with E-state index in [1.807, 2.05) is 6.92 Å². The van der Waals surface area contributed by atoms with Crippen LogP contribution in [-0.2, 0) is 6.42 Å². The SMILES string of the molecule is Cc1nnc(CCCCO)n1C1CCNC1. The molecule has 1 atom stereocenters. The summed E-state index contributed by atoms with van der Waals surface area (Å²) >= 11 is 0. The summed E-state index contributed by atoms with van der Waals surface area (Å²) in [6, 6.07) is 0.513. The Bertz CT molecular complexity index is 331. The summed E-state index contributed by atoms with van der Waals surface area (Å²) in [5.41, 5.74) is 0. The predicted octanol–water partition coefficient (Wildman–Crippen LogP) is 0.436. The van der Waals surface area contributed by atoms with E-state index in [1.54, 1.807) is 0 Å². The molecular formula is C11H20N4O. The van der Waals surface area contributed by atoms with Crippen LogP contribution in [0.3, 0.4) is 0 Å². The summed E-state index contributed by atoms with van der Waals surface area (Å²) in [6.07, 6.45) is 3.90. The Morgan fingerprint density at radius 1 is 1.44 bits per heavy atom. The molecule has 1 aromatic heterocycles. The van der Waals surface area contributed by atoms with Gasteiger partial charge in [-0.1, -0.05) is 0 Å². The second-order valence-corrected chi connectivity index (χ2v) is 4.36. The molecule has 0 aliphatic carbocycles. The molecule has 2 heterocycles. The summed E-state index contributed by atoms with van der Waals surface area (Å²) < 4.78 is 2.26. The average Bonchev–Trinajstić information content (AvgIpc) is 2.88. The third-order valence-electron chi connectivity index (χ3n) is 3.14. The molecule has 0 radical (unpaired) electrons. The Labute approximate surface area is 95.9 Å². The van der Waals surface area contributed by atoms with Gasteiger partial charge in [-0.3, -0.25) is 0 Å². The van der Waals surface area contributed by atoms with E-state index in [0.29, 0.717) is 6.04 Å². The van der Waals surface area contributed by atoms with Gasteiger partial charge in [0.1, 0.15) is 11.6 Å². The van der Waals surface area contributed by atoms with Crippen molar-refractivity contribution < 1.29 is 5.11 Å². The van der Waals surface area contributed by atoms with Crippen LogP contribution in [0.25, 0.3) is 0 Å². The minimum Gasteiger partial charge on any atom is -0.396 e. The number of aromatic nitrogens is 3. The molecule has 90 valence electrons. The number of rotatable bonds is 5. The van der Waals surface area contributed by atoms with E-state index in [0.717, 1.165) is 50.4 Å². The maximum atomic E-state index is 8.78. The number of aryl methyl sites for hydroxylation is 2. The monoisotopic (exact) mass is 224 g/mol. The molecule has 1 saturated heterocycles. The van der Waals surface area contributed by atoms with Gasteiger partial charge in [0.05, 0.1) is 6.04 Å². The van der Waals surface area contributed by atoms with Crippen molar-refractivity contribution in [2.24, 2.45) is 0 Å². The molecule has 0 aromatic carbocycles. The quantitative estimate of drug-likeness (QED) is 0.712. The number of nitrogens with zero attached hydrogens (tertiary/aromatic N) is 3. The summed E-state index contributed by atoms with van der Waals surface area (Å²) in [5.74, 6) is 2.08. The molecule has 0 saturated carbocycles. The van der Waals surface area contributed by atoms with E-state index in [-0.39, 0.29) is 6.61 Å². The van der Waals surface area contributed by atoms with Gasteiger partial charge in [0.15, 0.2) is 0 Å². The molecular weight excluding hydrogens is 204 g/mol. The Kier molecular flexibility index (Phi) is 3.90. The Morgan fingerprint density at radius 2 is 2.31 bits per heavy atom. The fourth-order valence-electron chi connectivity index (χ4n) is 2.31. The lowest BCUT2D eigenvalue weighted by Gasteiger charge is -2.14. The average molecular weight is 224 g/mol. The van der Waals surface area contributed by atoms with E-state index in [4.69, 9.17) is 5.11 Å². The van der Waals surface area contributed by atoms with Gasteiger partial charge in [0.2, 0.25) is 0 Å². The summed E-state index contributed by atoms with van der Waals surface area (Å²) in [6.45, 7) is 4.38. The Balaban J connectivity index is 2.05. The Morgan fingerprint density at radius 3 is 3.00 bits per heavy atom. The van der Waals surface area contributed by atoms with E-state index in [1.165, 1.54) is 0 Å². The first-order chi connectivity index (χ1) is 7.83. The van der Waals surface area contributed by atoms with Crippen LogP contribution in [0.1, 0.15) is 37.0 Å². The molecule has 16 heavy (non-hydrogen) atoms. The van der Waals surface area contributed by atoms with E-state index >= 15 is 0 Å². The lowest BCUT2D eigenvalue weighted by atomic mass is 10.2. The van der Waals surface area contributed by atoms with Gasteiger partial charge in [-0.15, -0.1) is 10.2 Å². The van der Waals surface area contributed by atoms with Crippen molar-refractivity contribution in [2.45, 2.75) is 38.6 Å². The summed E-state index contributed by atoms with van der Waals surface area (Å²) in [7, 11) is 0. The topological polar surface area (TPSA) is 63.0 Å². The van der Waals surface area contributed by atoms with E-state index in [2.05, 4.69) is 20.1 Å². The molecule has 1 fully saturated rings. The number of aliphatic hydroxyl groups excluding tert-OH is 1. The molecule has 2 N–H and O–H groups in total. The first-order valence-electron chi connectivity index (χ1n) is 6.05. The maximum absolute atomic E-state index is 8.78. The first kappa shape index (κ1) is 11.5. The van der Waals surface area contributed by atoms with Gasteiger partial charge in [0, 0.05) is 19.6 Å². The van der Waals surface area contributed by atoms with Gasteiger partial charge in [0.25, 0.3) is 0 Å². The van der Waals surface area contributed by atoms with Crippen molar-refractivity contribution >= 4 is 0 Å². The zero-order valence-electron chi connectivity index (χ0n) is 9.82. The number of unbranched alkanes of at least 4 members (excludes halogenated alkanes) is 1. The lowest BCUT2D eigenvalue weighted by molar-refractivity contribution is 0.284. The standard InChI is InChI=1S/C11H20N4O/c1-9-13-14-11(4-2-3-7-16)15(9)10-5-6-12-8-10/h10,12,16H,2-8H2,1H3. The lowest BCUT2D eigenvalue weighted by Crippen LogP contribution is -2.17. The molecule has 5 nitrogen and oxygen atoms in total. The van der Waals surface area contributed by atoms with Crippen LogP contribution >= 0.6 is 0 Å². The van der Waals surface area contributed by atoms with Crippen molar-refractivity contribution in [3.05, 3.63) is 11.6 Å². The highest BCUT2D eigenvalue weighted by Gasteiger charge is 2.21. The number of aliphatic hydroxyl groups is 1. The van der Waals surface area contributed by atoms with E-state index < -0.39 is 0 Å². The largest absolute Gasteiger partial charge is 0.396 e. The van der Waals surface area contributed by atoms with Crippen LogP contribution in [0, 0.1) is 6.92 Å². The van der Waals surface area contributed by atoms with Crippen LogP contribution in [-0.4, -0.2) is 39.6 Å². The van der Waals surface area contributed by atoms with Crippen LogP contribution in [0.4, 0.5) is 0 Å². The highest BCUT2D eigenvalue weighted by molar-refractivity contribution is 4.99. The first-order valence-corrected chi connectivity index (χ1v) is 6.05. The highest BCUT2D eigenvalue weighted by Crippen LogP contribution is 2.19. The zero-order chi connectivity index (χ0) is 11.4. The second kappa shape index (κ2) is 5.41. The third-order valence-corrected chi connectivity index (χ3v) is 3.14. The number of nitrogens with one attached hydrogen (secondary N) is 1. The van der Waals surface area contributed by atoms with Gasteiger partial charge < -0.3 is 15.0 Å². The third kappa shape index (κ3) is 2.41. The van der Waals surface area contributed by atoms with Crippen molar-refractivity contribution in [1.82, 2.24) is 20.1 Å². The highest BCUT2D eigenvalue weighted by atomic mass is 16.2. The predicted molar refractivity (Wildman–Crippen MR) is 61.3 cm³/mol. The molecule has 2 rings (SSSR count). The van der Waals surface area contributed by atoms with Gasteiger partial charge >= 0.3 is 0 Å². The van der Waals surface area contributed by atoms with Gasteiger partial charge in [-0.2, -0.15) is 0 Å². The van der Waals surface area contributed by atoms with Crippen LogP contribution < -0.4 is 5.32 Å². The normalized spacial score (nSPS) is 20.5. The molecule has 5 heteroatoms. The molecule has 1 aliphatic heterocycles. The number of hydrogen-bond donors (Lipinski definition) is 2. The molecule has 1 aromatic rings. The van der Waals surface area contributed by atoms with Crippen LogP contribution in [0.5, 0.6) is 0 Å². The summed E-state index contributed by atoms with van der Waals surface area (Å²) in [5, 5.41) is 20.5. The van der Waals surface area contributed by atoms with Gasteiger partial charge in [-0.25, -0.2) is 0 Å². The summed E-state index contributed by atoms with van der Waals surface area (Å²) in [4.78, 5) is 0. The Hall–Kier alpha value is -0.940. The van der Waals surface area contributed by atoms with E-state index in [9.17, 15) is 0 Å². The van der Waals surface area contributed by atoms with Crippen molar-refractivity contribution in [3.8, 4) is 0 Å². The fraction of sp³-hybridized carbons (Fsp3) is 0.818. The molecule has 0 amide bonds. The van der Waals surface area contributed by atoms with Crippen molar-refractivity contribution in [2.75, 3.05) is 19.7 Å². The van der Waals surface area contributed by atoms with Gasteiger partial charge in [-0.05, 0) is 32.7 Å². The molecule has 1 unspecified atom stereocenters. The van der Waals surface area contributed by atoms with Crippen molar-refractivity contribution in [1.29, 1.82) is 0 Å².